The Kier molecular flexibility index (Phi) is 5.55. The van der Waals surface area contributed by atoms with Crippen molar-refractivity contribution in [3.05, 3.63) is 0 Å². The topological polar surface area (TPSA) is 29.5 Å². The summed E-state index contributed by atoms with van der Waals surface area (Å²) in [6.07, 6.45) is -4.42. The quantitative estimate of drug-likeness (QED) is 0.709. The van der Waals surface area contributed by atoms with Crippen LogP contribution in [0.4, 0.5) is 13.2 Å². The molecule has 0 fully saturated rings. The molecule has 0 atom stereocenters. The third kappa shape index (κ3) is 5.55. The van der Waals surface area contributed by atoms with Crippen molar-refractivity contribution in [2.24, 2.45) is 0 Å². The SMILES string of the molecule is CN(C(=O)COCC(F)(F)F)C(C)(C)CCl. The van der Waals surface area contributed by atoms with Gasteiger partial charge in [0.25, 0.3) is 0 Å². The number of amides is 1. The minimum Gasteiger partial charge on any atom is -0.362 e. The number of carbonyl (C=O) groups is 1. The van der Waals surface area contributed by atoms with E-state index in [4.69, 9.17) is 11.6 Å². The number of rotatable bonds is 5. The fourth-order valence-corrected chi connectivity index (χ4v) is 0.957. The van der Waals surface area contributed by atoms with Crippen molar-refractivity contribution in [3.63, 3.8) is 0 Å². The van der Waals surface area contributed by atoms with Crippen molar-refractivity contribution in [2.75, 3.05) is 26.1 Å². The van der Waals surface area contributed by atoms with Gasteiger partial charge in [-0.3, -0.25) is 4.79 Å². The molecular formula is C9H15ClF3NO2. The lowest BCUT2D eigenvalue weighted by atomic mass is 10.1. The fraction of sp³-hybridized carbons (Fsp3) is 0.889. The molecule has 0 unspecified atom stereocenters. The zero-order chi connectivity index (χ0) is 13.0. The minimum atomic E-state index is -4.42. The number of hydrogen-bond donors (Lipinski definition) is 0. The average molecular weight is 262 g/mol. The Morgan fingerprint density at radius 3 is 2.25 bits per heavy atom. The number of likely N-dealkylation sites (N-methyl/N-ethyl adjacent to an activating group) is 1. The third-order valence-electron chi connectivity index (χ3n) is 2.10. The minimum absolute atomic E-state index is 0.189. The second kappa shape index (κ2) is 5.72. The molecule has 0 aromatic rings. The molecule has 0 spiro atoms. The van der Waals surface area contributed by atoms with Crippen LogP contribution < -0.4 is 0 Å². The molecule has 1 amide bonds. The van der Waals surface area contributed by atoms with E-state index in [1.165, 1.54) is 11.9 Å². The van der Waals surface area contributed by atoms with Crippen molar-refractivity contribution >= 4 is 17.5 Å². The van der Waals surface area contributed by atoms with E-state index in [2.05, 4.69) is 4.74 Å². The van der Waals surface area contributed by atoms with Crippen LogP contribution in [0.2, 0.25) is 0 Å². The van der Waals surface area contributed by atoms with Gasteiger partial charge in [-0.25, -0.2) is 0 Å². The van der Waals surface area contributed by atoms with Gasteiger partial charge in [0.1, 0.15) is 13.2 Å². The number of halogens is 4. The van der Waals surface area contributed by atoms with Gasteiger partial charge in [-0.2, -0.15) is 13.2 Å². The molecule has 0 aliphatic heterocycles. The highest BCUT2D eigenvalue weighted by Crippen LogP contribution is 2.16. The molecule has 0 aliphatic carbocycles. The van der Waals surface area contributed by atoms with E-state index in [0.29, 0.717) is 0 Å². The lowest BCUT2D eigenvalue weighted by Crippen LogP contribution is -2.48. The molecule has 0 saturated carbocycles. The first-order valence-electron chi connectivity index (χ1n) is 4.57. The van der Waals surface area contributed by atoms with Crippen molar-refractivity contribution in [1.82, 2.24) is 4.90 Å². The molecule has 96 valence electrons. The van der Waals surface area contributed by atoms with Crippen LogP contribution >= 0.6 is 11.6 Å². The van der Waals surface area contributed by atoms with E-state index < -0.39 is 30.8 Å². The molecule has 0 aromatic heterocycles. The average Bonchev–Trinajstić information content (AvgIpc) is 2.14. The van der Waals surface area contributed by atoms with Crippen LogP contribution in [0.1, 0.15) is 13.8 Å². The molecule has 3 nitrogen and oxygen atoms in total. The maximum atomic E-state index is 11.7. The summed E-state index contributed by atoms with van der Waals surface area (Å²) in [5, 5.41) is 0. The Hall–Kier alpha value is -0.490. The summed E-state index contributed by atoms with van der Waals surface area (Å²) in [7, 11) is 1.47. The Balaban J connectivity index is 4.08. The summed E-state index contributed by atoms with van der Waals surface area (Å²) in [5.74, 6) is -0.344. The number of ether oxygens (including phenoxy) is 1. The largest absolute Gasteiger partial charge is 0.411 e. The maximum Gasteiger partial charge on any atom is 0.411 e. The molecule has 0 aromatic carbocycles. The first-order chi connectivity index (χ1) is 7.10. The van der Waals surface area contributed by atoms with Gasteiger partial charge in [0.15, 0.2) is 0 Å². The number of nitrogens with zero attached hydrogens (tertiary/aromatic N) is 1. The van der Waals surface area contributed by atoms with Crippen LogP contribution in [0.15, 0.2) is 0 Å². The molecule has 16 heavy (non-hydrogen) atoms. The van der Waals surface area contributed by atoms with Gasteiger partial charge in [-0.1, -0.05) is 0 Å². The standard InChI is InChI=1S/C9H15ClF3NO2/c1-8(2,5-10)14(3)7(15)4-16-6-9(11,12)13/h4-6H2,1-3H3. The third-order valence-corrected chi connectivity index (χ3v) is 2.75. The van der Waals surface area contributed by atoms with Crippen LogP contribution in [0.25, 0.3) is 0 Å². The smallest absolute Gasteiger partial charge is 0.362 e. The molecule has 0 bridgehead atoms. The predicted molar refractivity (Wildman–Crippen MR) is 54.4 cm³/mol. The van der Waals surface area contributed by atoms with E-state index in [1.54, 1.807) is 13.8 Å². The van der Waals surface area contributed by atoms with Crippen LogP contribution in [0, 0.1) is 0 Å². The van der Waals surface area contributed by atoms with Gasteiger partial charge in [0, 0.05) is 12.9 Å². The van der Waals surface area contributed by atoms with Gasteiger partial charge in [0.2, 0.25) is 5.91 Å². The summed E-state index contributed by atoms with van der Waals surface area (Å²) in [6, 6.07) is 0. The molecule has 0 heterocycles. The molecule has 0 aliphatic rings. The predicted octanol–water partition coefficient (Wildman–Crippen LogP) is 2.04. The highest BCUT2D eigenvalue weighted by Gasteiger charge is 2.30. The lowest BCUT2D eigenvalue weighted by Gasteiger charge is -2.33. The highest BCUT2D eigenvalue weighted by atomic mass is 35.5. The lowest BCUT2D eigenvalue weighted by molar-refractivity contribution is -0.178. The first kappa shape index (κ1) is 15.5. The van der Waals surface area contributed by atoms with Crippen LogP contribution in [-0.4, -0.2) is 48.7 Å². The van der Waals surface area contributed by atoms with Crippen molar-refractivity contribution in [2.45, 2.75) is 25.6 Å². The first-order valence-corrected chi connectivity index (χ1v) is 5.11. The molecule has 0 saturated heterocycles. The Bertz CT molecular complexity index is 243. The molecule has 0 radical (unpaired) electrons. The van der Waals surface area contributed by atoms with Gasteiger partial charge < -0.3 is 9.64 Å². The molecule has 0 rings (SSSR count). The van der Waals surface area contributed by atoms with E-state index >= 15 is 0 Å². The van der Waals surface area contributed by atoms with Gasteiger partial charge in [-0.05, 0) is 13.8 Å². The summed E-state index contributed by atoms with van der Waals surface area (Å²) in [6.45, 7) is 1.40. The van der Waals surface area contributed by atoms with Crippen molar-refractivity contribution < 1.29 is 22.7 Å². The number of alkyl halides is 4. The maximum absolute atomic E-state index is 11.7. The summed E-state index contributed by atoms with van der Waals surface area (Å²) in [5.41, 5.74) is -0.611. The molecule has 7 heteroatoms. The fourth-order valence-electron chi connectivity index (χ4n) is 0.778. The monoisotopic (exact) mass is 261 g/mol. The molecular weight excluding hydrogens is 247 g/mol. The summed E-state index contributed by atoms with van der Waals surface area (Å²) < 4.78 is 39.5. The van der Waals surface area contributed by atoms with E-state index in [9.17, 15) is 18.0 Å². The summed E-state index contributed by atoms with van der Waals surface area (Å²) >= 11 is 5.62. The van der Waals surface area contributed by atoms with E-state index in [-0.39, 0.29) is 5.88 Å². The normalized spacial score (nSPS) is 12.7. The van der Waals surface area contributed by atoms with Crippen molar-refractivity contribution in [3.8, 4) is 0 Å². The zero-order valence-electron chi connectivity index (χ0n) is 9.40. The van der Waals surface area contributed by atoms with Gasteiger partial charge in [0.05, 0.1) is 5.54 Å². The number of carbonyl (C=O) groups excluding carboxylic acids is 1. The van der Waals surface area contributed by atoms with Gasteiger partial charge in [-0.15, -0.1) is 11.6 Å². The van der Waals surface area contributed by atoms with Crippen LogP contribution in [0.3, 0.4) is 0 Å². The van der Waals surface area contributed by atoms with Crippen LogP contribution in [0.5, 0.6) is 0 Å². The number of hydrogen-bond acceptors (Lipinski definition) is 2. The Morgan fingerprint density at radius 1 is 1.38 bits per heavy atom. The Morgan fingerprint density at radius 2 is 1.88 bits per heavy atom. The Labute approximate surface area is 97.5 Å². The highest BCUT2D eigenvalue weighted by molar-refractivity contribution is 6.18. The van der Waals surface area contributed by atoms with Crippen LogP contribution in [-0.2, 0) is 9.53 Å². The van der Waals surface area contributed by atoms with E-state index in [0.717, 1.165) is 0 Å². The van der Waals surface area contributed by atoms with E-state index in [1.807, 2.05) is 0 Å². The summed E-state index contributed by atoms with van der Waals surface area (Å²) in [4.78, 5) is 12.7. The zero-order valence-corrected chi connectivity index (χ0v) is 10.2. The molecule has 0 N–H and O–H groups in total. The second-order valence-electron chi connectivity index (χ2n) is 4.01. The van der Waals surface area contributed by atoms with Crippen molar-refractivity contribution in [1.29, 1.82) is 0 Å². The van der Waals surface area contributed by atoms with Gasteiger partial charge >= 0.3 is 6.18 Å². The second-order valence-corrected chi connectivity index (χ2v) is 4.27.